The zero-order valence-electron chi connectivity index (χ0n) is 7.42. The average Bonchev–Trinajstić information content (AvgIpc) is 2.86. The van der Waals surface area contributed by atoms with Crippen molar-refractivity contribution in [3.05, 3.63) is 48.1 Å². The van der Waals surface area contributed by atoms with Gasteiger partial charge in [0.15, 0.2) is 0 Å². The summed E-state index contributed by atoms with van der Waals surface area (Å²) < 4.78 is 2.04. The van der Waals surface area contributed by atoms with Crippen molar-refractivity contribution in [3.63, 3.8) is 0 Å². The van der Waals surface area contributed by atoms with Crippen LogP contribution in [0.5, 0.6) is 0 Å². The van der Waals surface area contributed by atoms with E-state index in [9.17, 15) is 0 Å². The zero-order valence-corrected chi connectivity index (χ0v) is 8.24. The van der Waals surface area contributed by atoms with E-state index in [1.807, 2.05) is 34.9 Å². The summed E-state index contributed by atoms with van der Waals surface area (Å²) in [4.78, 5) is 5.74. The van der Waals surface area contributed by atoms with Crippen LogP contribution in [0.4, 0.5) is 0 Å². The van der Waals surface area contributed by atoms with Gasteiger partial charge in [0, 0.05) is 12.4 Å². The fourth-order valence-corrected chi connectivity index (χ4v) is 2.16. The molecule has 0 bridgehead atoms. The molecule has 68 valence electrons. The highest BCUT2D eigenvalue weighted by Gasteiger charge is 2.03. The van der Waals surface area contributed by atoms with Gasteiger partial charge in [0.1, 0.15) is 5.65 Å². The number of hydrogen-bond acceptors (Lipinski definition) is 2. The molecule has 0 amide bonds. The Labute approximate surface area is 85.5 Å². The van der Waals surface area contributed by atoms with Crippen LogP contribution >= 0.6 is 11.3 Å². The molecule has 3 aromatic rings. The SMILES string of the molecule is c1csc(-c2cn3ccccc3n2)c1. The Morgan fingerprint density at radius 1 is 1.14 bits per heavy atom. The summed E-state index contributed by atoms with van der Waals surface area (Å²) in [5.41, 5.74) is 2.04. The van der Waals surface area contributed by atoms with Gasteiger partial charge in [-0.25, -0.2) is 4.98 Å². The number of thiophene rings is 1. The lowest BCUT2D eigenvalue weighted by Gasteiger charge is -1.86. The van der Waals surface area contributed by atoms with Crippen molar-refractivity contribution in [1.82, 2.24) is 9.38 Å². The van der Waals surface area contributed by atoms with E-state index in [-0.39, 0.29) is 0 Å². The number of imidazole rings is 1. The monoisotopic (exact) mass is 200 g/mol. The molecule has 0 aromatic carbocycles. The van der Waals surface area contributed by atoms with Crippen LogP contribution in [0.2, 0.25) is 0 Å². The Kier molecular flexibility index (Phi) is 1.64. The Bertz CT molecular complexity index is 518. The van der Waals surface area contributed by atoms with Crippen LogP contribution in [0.3, 0.4) is 0 Å². The predicted octanol–water partition coefficient (Wildman–Crippen LogP) is 3.06. The molecule has 0 aliphatic heterocycles. The largest absolute Gasteiger partial charge is 0.306 e. The van der Waals surface area contributed by atoms with Crippen LogP contribution in [-0.2, 0) is 0 Å². The van der Waals surface area contributed by atoms with E-state index < -0.39 is 0 Å². The minimum atomic E-state index is 0.996. The maximum Gasteiger partial charge on any atom is 0.137 e. The summed E-state index contributed by atoms with van der Waals surface area (Å²) in [7, 11) is 0. The number of rotatable bonds is 1. The summed E-state index contributed by atoms with van der Waals surface area (Å²) >= 11 is 1.72. The van der Waals surface area contributed by atoms with Crippen LogP contribution in [0, 0.1) is 0 Å². The zero-order chi connectivity index (χ0) is 9.38. The molecule has 3 rings (SSSR count). The van der Waals surface area contributed by atoms with Gasteiger partial charge in [-0.05, 0) is 23.6 Å². The smallest absolute Gasteiger partial charge is 0.137 e. The Hall–Kier alpha value is -1.61. The number of fused-ring (bicyclic) bond motifs is 1. The van der Waals surface area contributed by atoms with Crippen molar-refractivity contribution < 1.29 is 0 Å². The van der Waals surface area contributed by atoms with Crippen molar-refractivity contribution in [2.24, 2.45) is 0 Å². The molecule has 0 atom stereocenters. The standard InChI is InChI=1S/C11H8N2S/c1-2-6-13-8-9(12-11(13)5-1)10-4-3-7-14-10/h1-8H. The first-order chi connectivity index (χ1) is 6.93. The number of pyridine rings is 1. The molecular weight excluding hydrogens is 192 g/mol. The Morgan fingerprint density at radius 2 is 2.14 bits per heavy atom. The molecule has 0 aliphatic rings. The maximum absolute atomic E-state index is 4.53. The van der Waals surface area contributed by atoms with Crippen molar-refractivity contribution in [2.45, 2.75) is 0 Å². The lowest BCUT2D eigenvalue weighted by atomic mass is 10.4. The van der Waals surface area contributed by atoms with E-state index in [4.69, 9.17) is 0 Å². The topological polar surface area (TPSA) is 17.3 Å². The van der Waals surface area contributed by atoms with Gasteiger partial charge in [-0.2, -0.15) is 0 Å². The molecule has 0 radical (unpaired) electrons. The number of aromatic nitrogens is 2. The number of hydrogen-bond donors (Lipinski definition) is 0. The van der Waals surface area contributed by atoms with Gasteiger partial charge < -0.3 is 4.40 Å². The first-order valence-electron chi connectivity index (χ1n) is 4.41. The third kappa shape index (κ3) is 1.14. The first-order valence-corrected chi connectivity index (χ1v) is 5.29. The highest BCUT2D eigenvalue weighted by atomic mass is 32.1. The van der Waals surface area contributed by atoms with E-state index in [1.54, 1.807) is 11.3 Å². The minimum absolute atomic E-state index is 0.996. The number of nitrogens with zero attached hydrogens (tertiary/aromatic N) is 2. The van der Waals surface area contributed by atoms with Gasteiger partial charge in [0.2, 0.25) is 0 Å². The van der Waals surface area contributed by atoms with Crippen LogP contribution in [-0.4, -0.2) is 9.38 Å². The van der Waals surface area contributed by atoms with Gasteiger partial charge in [-0.15, -0.1) is 11.3 Å². The van der Waals surface area contributed by atoms with E-state index in [0.717, 1.165) is 11.3 Å². The lowest BCUT2D eigenvalue weighted by Crippen LogP contribution is -1.77. The quantitative estimate of drug-likeness (QED) is 0.590. The van der Waals surface area contributed by atoms with Gasteiger partial charge in [-0.1, -0.05) is 12.1 Å². The third-order valence-electron chi connectivity index (χ3n) is 2.14. The molecule has 0 fully saturated rings. The molecule has 0 N–H and O–H groups in total. The summed E-state index contributed by atoms with van der Waals surface area (Å²) in [5, 5.41) is 2.07. The molecule has 0 spiro atoms. The molecule has 3 aromatic heterocycles. The van der Waals surface area contributed by atoms with Crippen LogP contribution in [0.1, 0.15) is 0 Å². The van der Waals surface area contributed by atoms with Crippen molar-refractivity contribution in [3.8, 4) is 10.6 Å². The van der Waals surface area contributed by atoms with E-state index in [1.165, 1.54) is 4.88 Å². The normalized spacial score (nSPS) is 10.9. The Morgan fingerprint density at radius 3 is 2.93 bits per heavy atom. The second-order valence-corrected chi connectivity index (χ2v) is 4.02. The van der Waals surface area contributed by atoms with E-state index >= 15 is 0 Å². The molecule has 0 unspecified atom stereocenters. The van der Waals surface area contributed by atoms with Gasteiger partial charge in [-0.3, -0.25) is 0 Å². The van der Waals surface area contributed by atoms with E-state index in [2.05, 4.69) is 22.6 Å². The minimum Gasteiger partial charge on any atom is -0.306 e. The highest BCUT2D eigenvalue weighted by Crippen LogP contribution is 2.23. The molecule has 3 heterocycles. The molecule has 2 nitrogen and oxygen atoms in total. The van der Waals surface area contributed by atoms with Crippen LogP contribution in [0.25, 0.3) is 16.2 Å². The molecule has 14 heavy (non-hydrogen) atoms. The second kappa shape index (κ2) is 2.96. The third-order valence-corrected chi connectivity index (χ3v) is 3.03. The molecule has 3 heteroatoms. The lowest BCUT2D eigenvalue weighted by molar-refractivity contribution is 1.19. The highest BCUT2D eigenvalue weighted by molar-refractivity contribution is 7.13. The van der Waals surface area contributed by atoms with E-state index in [0.29, 0.717) is 0 Å². The van der Waals surface area contributed by atoms with Crippen molar-refractivity contribution >= 4 is 17.0 Å². The summed E-state index contributed by atoms with van der Waals surface area (Å²) in [6.45, 7) is 0. The summed E-state index contributed by atoms with van der Waals surface area (Å²) in [5.74, 6) is 0. The molecule has 0 aliphatic carbocycles. The summed E-state index contributed by atoms with van der Waals surface area (Å²) in [6.07, 6.45) is 4.07. The summed E-state index contributed by atoms with van der Waals surface area (Å²) in [6, 6.07) is 10.2. The molecular formula is C11H8N2S. The van der Waals surface area contributed by atoms with Gasteiger partial charge in [0.05, 0.1) is 10.6 Å². The van der Waals surface area contributed by atoms with Gasteiger partial charge >= 0.3 is 0 Å². The first kappa shape index (κ1) is 7.76. The van der Waals surface area contributed by atoms with Crippen LogP contribution in [0.15, 0.2) is 48.1 Å². The fraction of sp³-hybridized carbons (Fsp3) is 0. The Balaban J connectivity index is 2.24. The average molecular weight is 200 g/mol. The van der Waals surface area contributed by atoms with Crippen molar-refractivity contribution in [2.75, 3.05) is 0 Å². The van der Waals surface area contributed by atoms with Crippen molar-refractivity contribution in [1.29, 1.82) is 0 Å². The predicted molar refractivity (Wildman–Crippen MR) is 58.5 cm³/mol. The fourth-order valence-electron chi connectivity index (χ4n) is 1.48. The second-order valence-electron chi connectivity index (χ2n) is 3.07. The maximum atomic E-state index is 4.53. The molecule has 0 saturated carbocycles. The van der Waals surface area contributed by atoms with Crippen LogP contribution < -0.4 is 0 Å². The van der Waals surface area contributed by atoms with Gasteiger partial charge in [0.25, 0.3) is 0 Å². The molecule has 0 saturated heterocycles.